The fourth-order valence-electron chi connectivity index (χ4n) is 1.85. The quantitative estimate of drug-likeness (QED) is 0.269. The lowest BCUT2D eigenvalue weighted by molar-refractivity contribution is 0.0800. The highest BCUT2D eigenvalue weighted by Gasteiger charge is 2.32. The molecule has 98 valence electrons. The Hall–Kier alpha value is -0.240. The fourth-order valence-corrected chi connectivity index (χ4v) is 1.85. The van der Waals surface area contributed by atoms with Crippen LogP contribution < -0.4 is 22.9 Å². The highest BCUT2D eigenvalue weighted by molar-refractivity contribution is 4.88. The first kappa shape index (κ1) is 15.8. The molecule has 0 spiro atoms. The van der Waals surface area contributed by atoms with Crippen LogP contribution >= 0.6 is 0 Å². The third-order valence-corrected chi connectivity index (χ3v) is 2.94. The van der Waals surface area contributed by atoms with Crippen LogP contribution in [0.25, 0.3) is 0 Å². The van der Waals surface area contributed by atoms with E-state index >= 15 is 0 Å². The summed E-state index contributed by atoms with van der Waals surface area (Å²) in [6.45, 7) is 2.26. The molecule has 6 heteroatoms. The maximum atomic E-state index is 9.49. The number of nitrogens with two attached hydrogens (primary N) is 4. The molecule has 10 N–H and O–H groups in total. The predicted octanol–water partition coefficient (Wildman–Crippen LogP) is -1.95. The van der Waals surface area contributed by atoms with Crippen molar-refractivity contribution in [1.82, 2.24) is 0 Å². The molecule has 0 aliphatic carbocycles. The molecule has 0 aromatic heterocycles. The minimum Gasteiger partial charge on any atom is -0.392 e. The third-order valence-electron chi connectivity index (χ3n) is 2.94. The van der Waals surface area contributed by atoms with Gasteiger partial charge in [0.25, 0.3) is 0 Å². The molecule has 0 aliphatic heterocycles. The molecule has 16 heavy (non-hydrogen) atoms. The first-order valence-electron chi connectivity index (χ1n) is 5.71. The van der Waals surface area contributed by atoms with Crippen molar-refractivity contribution in [3.63, 3.8) is 0 Å². The van der Waals surface area contributed by atoms with Gasteiger partial charge in [-0.1, -0.05) is 13.3 Å². The van der Waals surface area contributed by atoms with E-state index in [2.05, 4.69) is 0 Å². The zero-order valence-corrected chi connectivity index (χ0v) is 9.97. The molecular formula is C10H26N4O2. The Kier molecular flexibility index (Phi) is 7.05. The van der Waals surface area contributed by atoms with Gasteiger partial charge in [-0.25, -0.2) is 0 Å². The highest BCUT2D eigenvalue weighted by Crippen LogP contribution is 2.23. The third kappa shape index (κ3) is 5.20. The molecule has 0 saturated carbocycles. The van der Waals surface area contributed by atoms with Crippen molar-refractivity contribution in [2.45, 2.75) is 44.1 Å². The van der Waals surface area contributed by atoms with Gasteiger partial charge in [-0.2, -0.15) is 0 Å². The van der Waals surface area contributed by atoms with E-state index < -0.39 is 17.9 Å². The second-order valence-corrected chi connectivity index (χ2v) is 4.44. The number of rotatable bonds is 8. The van der Waals surface area contributed by atoms with Crippen LogP contribution in [0.2, 0.25) is 0 Å². The van der Waals surface area contributed by atoms with Crippen molar-refractivity contribution in [3.8, 4) is 0 Å². The summed E-state index contributed by atoms with van der Waals surface area (Å²) in [7, 11) is 0. The van der Waals surface area contributed by atoms with Crippen LogP contribution in [0.1, 0.15) is 26.2 Å². The van der Waals surface area contributed by atoms with Gasteiger partial charge in [-0.05, 0) is 12.3 Å². The first-order valence-corrected chi connectivity index (χ1v) is 5.71. The summed E-state index contributed by atoms with van der Waals surface area (Å²) in [5.41, 5.74) is 21.6. The van der Waals surface area contributed by atoms with Crippen molar-refractivity contribution in [2.75, 3.05) is 13.1 Å². The maximum Gasteiger partial charge on any atom is 0.0692 e. The lowest BCUT2D eigenvalue weighted by atomic mass is 9.83. The fraction of sp³-hybridized carbons (Fsp3) is 1.00. The van der Waals surface area contributed by atoms with Gasteiger partial charge in [0.1, 0.15) is 0 Å². The van der Waals surface area contributed by atoms with Gasteiger partial charge < -0.3 is 33.1 Å². The molecule has 0 radical (unpaired) electrons. The van der Waals surface area contributed by atoms with Crippen molar-refractivity contribution >= 4 is 0 Å². The molecule has 3 atom stereocenters. The molecule has 0 aromatic carbocycles. The van der Waals surface area contributed by atoms with E-state index in [0.717, 1.165) is 6.42 Å². The van der Waals surface area contributed by atoms with Gasteiger partial charge in [-0.15, -0.1) is 0 Å². The minimum atomic E-state index is -1.02. The predicted molar refractivity (Wildman–Crippen MR) is 64.2 cm³/mol. The summed E-state index contributed by atoms with van der Waals surface area (Å²) < 4.78 is 0. The number of hydrogen-bond acceptors (Lipinski definition) is 6. The second kappa shape index (κ2) is 7.16. The Labute approximate surface area is 97.0 Å². The summed E-state index contributed by atoms with van der Waals surface area (Å²) >= 11 is 0. The van der Waals surface area contributed by atoms with Crippen molar-refractivity contribution in [2.24, 2.45) is 28.9 Å². The van der Waals surface area contributed by atoms with Crippen molar-refractivity contribution in [1.29, 1.82) is 0 Å². The Morgan fingerprint density at radius 3 is 1.94 bits per heavy atom. The highest BCUT2D eigenvalue weighted by atomic mass is 16.3. The van der Waals surface area contributed by atoms with E-state index in [1.165, 1.54) is 0 Å². The van der Waals surface area contributed by atoms with Gasteiger partial charge in [0.15, 0.2) is 0 Å². The number of aliphatic hydroxyl groups is 2. The maximum absolute atomic E-state index is 9.49. The van der Waals surface area contributed by atoms with Gasteiger partial charge in [0.2, 0.25) is 0 Å². The average Bonchev–Trinajstić information content (AvgIpc) is 2.24. The molecule has 0 rings (SSSR count). The van der Waals surface area contributed by atoms with Gasteiger partial charge >= 0.3 is 0 Å². The summed E-state index contributed by atoms with van der Waals surface area (Å²) in [6, 6.07) is 0. The molecule has 0 aliphatic rings. The van der Waals surface area contributed by atoms with E-state index in [4.69, 9.17) is 22.9 Å². The number of hydrogen-bond donors (Lipinski definition) is 6. The number of aliphatic hydroxyl groups excluding tert-OH is 2. The first-order chi connectivity index (χ1) is 7.37. The van der Waals surface area contributed by atoms with E-state index in [9.17, 15) is 10.2 Å². The van der Waals surface area contributed by atoms with Crippen LogP contribution in [0.3, 0.4) is 0 Å². The average molecular weight is 234 g/mol. The molecule has 0 amide bonds. The summed E-state index contributed by atoms with van der Waals surface area (Å²) in [6.07, 6.45) is 0.0725. The standard InChI is InChI=1S/C10H26N4O2/c1-2-7(3-8(15)5-11)10(13,14)4-9(16)6-12/h7-9,15-16H,2-6,11-14H2,1H3. The summed E-state index contributed by atoms with van der Waals surface area (Å²) in [5.74, 6) is -0.0905. The largest absolute Gasteiger partial charge is 0.392 e. The normalized spacial score (nSPS) is 18.2. The lowest BCUT2D eigenvalue weighted by Gasteiger charge is -2.36. The van der Waals surface area contributed by atoms with Gasteiger partial charge in [-0.3, -0.25) is 0 Å². The van der Waals surface area contributed by atoms with Crippen molar-refractivity contribution < 1.29 is 10.2 Å². The minimum absolute atomic E-state index is 0.0905. The Balaban J connectivity index is 4.40. The van der Waals surface area contributed by atoms with Crippen LogP contribution in [-0.4, -0.2) is 41.2 Å². The molecule has 3 unspecified atom stereocenters. The zero-order chi connectivity index (χ0) is 12.8. The monoisotopic (exact) mass is 234 g/mol. The van der Waals surface area contributed by atoms with E-state index in [-0.39, 0.29) is 25.4 Å². The Morgan fingerprint density at radius 2 is 1.56 bits per heavy atom. The smallest absolute Gasteiger partial charge is 0.0692 e. The molecule has 0 saturated heterocycles. The van der Waals surface area contributed by atoms with Crippen LogP contribution in [-0.2, 0) is 0 Å². The molecule has 0 fully saturated rings. The Morgan fingerprint density at radius 1 is 1.06 bits per heavy atom. The van der Waals surface area contributed by atoms with Gasteiger partial charge in [0.05, 0.1) is 17.9 Å². The second-order valence-electron chi connectivity index (χ2n) is 4.44. The van der Waals surface area contributed by atoms with E-state index in [0.29, 0.717) is 6.42 Å². The molecular weight excluding hydrogens is 208 g/mol. The van der Waals surface area contributed by atoms with Crippen LogP contribution in [0.5, 0.6) is 0 Å². The Bertz CT molecular complexity index is 190. The van der Waals surface area contributed by atoms with Crippen molar-refractivity contribution in [3.05, 3.63) is 0 Å². The summed E-state index contributed by atoms with van der Waals surface area (Å²) in [4.78, 5) is 0. The van der Waals surface area contributed by atoms with E-state index in [1.807, 2.05) is 6.92 Å². The zero-order valence-electron chi connectivity index (χ0n) is 9.97. The van der Waals surface area contributed by atoms with Crippen LogP contribution in [0.4, 0.5) is 0 Å². The lowest BCUT2D eigenvalue weighted by Crippen LogP contribution is -2.58. The topological polar surface area (TPSA) is 145 Å². The van der Waals surface area contributed by atoms with E-state index in [1.54, 1.807) is 0 Å². The molecule has 0 aromatic rings. The summed E-state index contributed by atoms with van der Waals surface area (Å²) in [5, 5.41) is 18.9. The van der Waals surface area contributed by atoms with Crippen LogP contribution in [0.15, 0.2) is 0 Å². The SMILES string of the molecule is CCC(CC(O)CN)C(N)(N)CC(O)CN. The molecule has 0 bridgehead atoms. The molecule has 6 nitrogen and oxygen atoms in total. The van der Waals surface area contributed by atoms with Crippen LogP contribution in [0, 0.1) is 5.92 Å². The van der Waals surface area contributed by atoms with Gasteiger partial charge in [0, 0.05) is 19.5 Å². The molecule has 0 heterocycles.